The summed E-state index contributed by atoms with van der Waals surface area (Å²) in [5.74, 6) is 0.706. The lowest BCUT2D eigenvalue weighted by Gasteiger charge is -1.90. The lowest BCUT2D eigenvalue weighted by molar-refractivity contribution is 0.160. The molecule has 0 unspecified atom stereocenters. The van der Waals surface area contributed by atoms with Crippen LogP contribution in [0.5, 0.6) is 0 Å². The third kappa shape index (κ3) is 1.82. The molecule has 0 radical (unpaired) electrons. The minimum atomic E-state index is 0.278. The number of anilines is 1. The maximum atomic E-state index is 5.71. The van der Waals surface area contributed by atoms with Gasteiger partial charge in [-0.15, -0.1) is 10.2 Å². The van der Waals surface area contributed by atoms with Crippen LogP contribution in [0.2, 0.25) is 0 Å². The van der Waals surface area contributed by atoms with E-state index in [9.17, 15) is 0 Å². The molecule has 0 aliphatic heterocycles. The monoisotopic (exact) mass is 209 g/mol. The Morgan fingerprint density at radius 3 is 2.93 bits per heavy atom. The van der Waals surface area contributed by atoms with Crippen molar-refractivity contribution in [3.63, 3.8) is 0 Å². The van der Waals surface area contributed by atoms with Crippen LogP contribution in [-0.4, -0.2) is 27.1 Å². The number of ether oxygens (including phenoxy) is 1. The van der Waals surface area contributed by atoms with E-state index in [0.717, 1.165) is 0 Å². The molecule has 7 heteroatoms. The zero-order chi connectivity index (χ0) is 10.8. The predicted molar refractivity (Wildman–Crippen MR) is 51.6 cm³/mol. The van der Waals surface area contributed by atoms with Crippen LogP contribution in [0.3, 0.4) is 0 Å². The fraction of sp³-hybridized carbons (Fsp3) is 0.375. The highest BCUT2D eigenvalue weighted by Crippen LogP contribution is 2.22. The number of nitrogens with two attached hydrogens (primary N) is 1. The molecule has 0 bridgehead atoms. The second-order valence-corrected chi connectivity index (χ2v) is 3.04. The van der Waals surface area contributed by atoms with Gasteiger partial charge in [-0.05, 0) is 0 Å². The number of aryl methyl sites for hydroxylation is 1. The van der Waals surface area contributed by atoms with Crippen molar-refractivity contribution in [1.82, 2.24) is 20.0 Å². The Bertz CT molecular complexity index is 461. The average Bonchev–Trinajstić information content (AvgIpc) is 2.73. The zero-order valence-corrected chi connectivity index (χ0v) is 8.47. The third-order valence-electron chi connectivity index (χ3n) is 1.79. The summed E-state index contributed by atoms with van der Waals surface area (Å²) in [6.45, 7) is 0.278. The SMILES string of the molecule is COCc1nnc(-c2nn(C)cc2N)o1. The van der Waals surface area contributed by atoms with Crippen LogP contribution in [0.1, 0.15) is 5.89 Å². The van der Waals surface area contributed by atoms with Gasteiger partial charge in [-0.2, -0.15) is 5.10 Å². The van der Waals surface area contributed by atoms with Gasteiger partial charge in [0.2, 0.25) is 5.89 Å². The Hall–Kier alpha value is -1.89. The molecule has 80 valence electrons. The van der Waals surface area contributed by atoms with Crippen LogP contribution in [0.15, 0.2) is 10.6 Å². The highest BCUT2D eigenvalue weighted by atomic mass is 16.5. The van der Waals surface area contributed by atoms with Gasteiger partial charge in [0.15, 0.2) is 5.69 Å². The summed E-state index contributed by atoms with van der Waals surface area (Å²) in [4.78, 5) is 0. The van der Waals surface area contributed by atoms with Gasteiger partial charge in [-0.25, -0.2) is 0 Å². The Morgan fingerprint density at radius 2 is 2.33 bits per heavy atom. The lowest BCUT2D eigenvalue weighted by Crippen LogP contribution is -1.88. The van der Waals surface area contributed by atoms with E-state index >= 15 is 0 Å². The molecule has 0 spiro atoms. The molecule has 0 saturated heterocycles. The molecule has 7 nitrogen and oxygen atoms in total. The summed E-state index contributed by atoms with van der Waals surface area (Å²) in [6, 6.07) is 0. The largest absolute Gasteiger partial charge is 0.417 e. The smallest absolute Gasteiger partial charge is 0.270 e. The molecule has 0 amide bonds. The molecule has 0 saturated carbocycles. The van der Waals surface area contributed by atoms with E-state index in [2.05, 4.69) is 15.3 Å². The highest BCUT2D eigenvalue weighted by Gasteiger charge is 2.14. The van der Waals surface area contributed by atoms with Crippen LogP contribution in [0, 0.1) is 0 Å². The lowest BCUT2D eigenvalue weighted by atomic mass is 10.4. The third-order valence-corrected chi connectivity index (χ3v) is 1.79. The summed E-state index contributed by atoms with van der Waals surface area (Å²) >= 11 is 0. The number of hydrogen-bond donors (Lipinski definition) is 1. The molecule has 2 aromatic heterocycles. The predicted octanol–water partition coefficient (Wildman–Crippen LogP) is 0.199. The van der Waals surface area contributed by atoms with Crippen molar-refractivity contribution in [1.29, 1.82) is 0 Å². The first kappa shape index (κ1) is 9.66. The molecule has 0 aromatic carbocycles. The standard InChI is InChI=1S/C8H11N5O2/c1-13-3-5(9)7(12-13)8-11-10-6(15-8)4-14-2/h3H,4,9H2,1-2H3. The first-order valence-electron chi connectivity index (χ1n) is 4.31. The molecule has 2 aromatic rings. The molecule has 0 atom stereocenters. The van der Waals surface area contributed by atoms with Gasteiger partial charge in [0.05, 0.1) is 5.69 Å². The van der Waals surface area contributed by atoms with E-state index < -0.39 is 0 Å². The van der Waals surface area contributed by atoms with Crippen LogP contribution in [-0.2, 0) is 18.4 Å². The fourth-order valence-corrected chi connectivity index (χ4v) is 1.20. The second kappa shape index (κ2) is 3.70. The summed E-state index contributed by atoms with van der Waals surface area (Å²) in [5, 5.41) is 11.7. The maximum Gasteiger partial charge on any atom is 0.270 e. The first-order valence-corrected chi connectivity index (χ1v) is 4.31. The number of rotatable bonds is 3. The van der Waals surface area contributed by atoms with E-state index in [0.29, 0.717) is 23.2 Å². The molecule has 0 aliphatic carbocycles. The van der Waals surface area contributed by atoms with Crippen molar-refractivity contribution in [2.24, 2.45) is 7.05 Å². The zero-order valence-electron chi connectivity index (χ0n) is 8.47. The summed E-state index contributed by atoms with van der Waals surface area (Å²) in [5.41, 5.74) is 6.71. The van der Waals surface area contributed by atoms with E-state index in [1.54, 1.807) is 25.0 Å². The van der Waals surface area contributed by atoms with Crippen molar-refractivity contribution >= 4 is 5.69 Å². The van der Waals surface area contributed by atoms with Crippen molar-refractivity contribution < 1.29 is 9.15 Å². The molecular formula is C8H11N5O2. The van der Waals surface area contributed by atoms with Gasteiger partial charge in [0, 0.05) is 20.4 Å². The number of methoxy groups -OCH3 is 1. The second-order valence-electron chi connectivity index (χ2n) is 3.04. The number of hydrogen-bond acceptors (Lipinski definition) is 6. The first-order chi connectivity index (χ1) is 7.20. The van der Waals surface area contributed by atoms with Crippen molar-refractivity contribution in [3.05, 3.63) is 12.1 Å². The van der Waals surface area contributed by atoms with Gasteiger partial charge in [-0.1, -0.05) is 0 Å². The van der Waals surface area contributed by atoms with Crippen LogP contribution in [0.25, 0.3) is 11.6 Å². The summed E-state index contributed by atoms with van der Waals surface area (Å²) < 4.78 is 11.7. The fourth-order valence-electron chi connectivity index (χ4n) is 1.20. The molecule has 2 N–H and O–H groups in total. The normalized spacial score (nSPS) is 10.8. The molecule has 2 rings (SSSR count). The van der Waals surface area contributed by atoms with Gasteiger partial charge >= 0.3 is 0 Å². The van der Waals surface area contributed by atoms with Crippen molar-refractivity contribution in [2.75, 3.05) is 12.8 Å². The Kier molecular flexibility index (Phi) is 2.38. The van der Waals surface area contributed by atoms with Crippen LogP contribution < -0.4 is 5.73 Å². The van der Waals surface area contributed by atoms with Gasteiger partial charge in [0.1, 0.15) is 6.61 Å². The van der Waals surface area contributed by atoms with Gasteiger partial charge < -0.3 is 14.9 Å². The molecule has 0 fully saturated rings. The highest BCUT2D eigenvalue weighted by molar-refractivity contribution is 5.64. The van der Waals surface area contributed by atoms with Crippen LogP contribution >= 0.6 is 0 Å². The topological polar surface area (TPSA) is 92.0 Å². The Balaban J connectivity index is 2.32. The van der Waals surface area contributed by atoms with Crippen molar-refractivity contribution in [3.8, 4) is 11.6 Å². The van der Waals surface area contributed by atoms with E-state index in [-0.39, 0.29) is 6.61 Å². The van der Waals surface area contributed by atoms with E-state index in [1.165, 1.54) is 0 Å². The average molecular weight is 209 g/mol. The number of nitrogens with zero attached hydrogens (tertiary/aromatic N) is 4. The minimum absolute atomic E-state index is 0.278. The van der Waals surface area contributed by atoms with E-state index in [1.807, 2.05) is 0 Å². The molecule has 2 heterocycles. The maximum absolute atomic E-state index is 5.71. The minimum Gasteiger partial charge on any atom is -0.417 e. The molecule has 15 heavy (non-hydrogen) atoms. The van der Waals surface area contributed by atoms with Gasteiger partial charge in [-0.3, -0.25) is 4.68 Å². The Morgan fingerprint density at radius 1 is 1.53 bits per heavy atom. The number of aromatic nitrogens is 4. The summed E-state index contributed by atoms with van der Waals surface area (Å²) in [7, 11) is 3.32. The van der Waals surface area contributed by atoms with Crippen molar-refractivity contribution in [2.45, 2.75) is 6.61 Å². The summed E-state index contributed by atoms with van der Waals surface area (Å²) in [6.07, 6.45) is 1.68. The van der Waals surface area contributed by atoms with Gasteiger partial charge in [0.25, 0.3) is 5.89 Å². The molecule has 0 aliphatic rings. The Labute approximate surface area is 85.8 Å². The molecular weight excluding hydrogens is 198 g/mol. The quantitative estimate of drug-likeness (QED) is 0.776. The van der Waals surface area contributed by atoms with Crippen LogP contribution in [0.4, 0.5) is 5.69 Å². The van der Waals surface area contributed by atoms with E-state index in [4.69, 9.17) is 14.9 Å². The number of nitrogen functional groups attached to an aromatic ring is 1.